The molecule has 0 aliphatic rings. The van der Waals surface area contributed by atoms with E-state index in [1.54, 1.807) is 24.3 Å². The molecule has 0 aliphatic heterocycles. The highest BCUT2D eigenvalue weighted by atomic mass is 16.5. The number of carbonyl (C=O) groups excluding carboxylic acids is 1. The summed E-state index contributed by atoms with van der Waals surface area (Å²) in [5, 5.41) is 20.8. The number of anilines is 1. The molecule has 6 nitrogen and oxygen atoms in total. The molecule has 28 heavy (non-hydrogen) atoms. The fourth-order valence-corrected chi connectivity index (χ4v) is 2.28. The van der Waals surface area contributed by atoms with E-state index in [1.807, 2.05) is 6.07 Å². The number of nitrogens with zero attached hydrogens (tertiary/aromatic N) is 1. The molecule has 1 amide bonds. The molecule has 0 saturated carbocycles. The Bertz CT molecular complexity index is 892. The van der Waals surface area contributed by atoms with Gasteiger partial charge in [-0.1, -0.05) is 26.0 Å². The first-order valence-electron chi connectivity index (χ1n) is 8.88. The van der Waals surface area contributed by atoms with E-state index in [0.29, 0.717) is 23.8 Å². The normalized spacial score (nSPS) is 11.0. The van der Waals surface area contributed by atoms with Gasteiger partial charge in [0.15, 0.2) is 0 Å². The number of ether oxygens (including phenoxy) is 1. The molecule has 2 N–H and O–H groups in total. The number of benzene rings is 2. The summed E-state index contributed by atoms with van der Waals surface area (Å²) in [5.41, 5.74) is 1.16. The molecule has 0 radical (unpaired) electrons. The van der Waals surface area contributed by atoms with Gasteiger partial charge in [0.25, 0.3) is 5.91 Å². The third kappa shape index (κ3) is 6.29. The van der Waals surface area contributed by atoms with Crippen molar-refractivity contribution in [3.8, 4) is 11.8 Å². The molecule has 0 aromatic heterocycles. The van der Waals surface area contributed by atoms with Crippen molar-refractivity contribution in [1.29, 1.82) is 5.26 Å². The average molecular weight is 378 g/mol. The van der Waals surface area contributed by atoms with Crippen molar-refractivity contribution in [2.24, 2.45) is 5.92 Å². The number of nitrogens with one attached hydrogen (secondary N) is 1. The van der Waals surface area contributed by atoms with E-state index in [0.717, 1.165) is 12.2 Å². The second-order valence-corrected chi connectivity index (χ2v) is 6.61. The van der Waals surface area contributed by atoms with Gasteiger partial charge in [-0.3, -0.25) is 4.79 Å². The number of aromatic carboxylic acids is 1. The van der Waals surface area contributed by atoms with Gasteiger partial charge in [-0.05, 0) is 60.4 Å². The van der Waals surface area contributed by atoms with Gasteiger partial charge in [-0.2, -0.15) is 5.26 Å². The molecule has 2 aromatic rings. The molecular weight excluding hydrogens is 356 g/mol. The van der Waals surface area contributed by atoms with Gasteiger partial charge in [0.1, 0.15) is 17.4 Å². The SMILES string of the molecule is CC(C)CCOc1ccc(/C=C(\C#N)C(=O)Nc2ccc(C(=O)O)cc2)cc1. The first-order chi connectivity index (χ1) is 13.4. The van der Waals surface area contributed by atoms with Gasteiger partial charge in [0.2, 0.25) is 0 Å². The third-order valence-corrected chi connectivity index (χ3v) is 3.91. The van der Waals surface area contributed by atoms with E-state index in [2.05, 4.69) is 19.2 Å². The van der Waals surface area contributed by atoms with E-state index < -0.39 is 11.9 Å². The van der Waals surface area contributed by atoms with Crippen molar-refractivity contribution in [2.75, 3.05) is 11.9 Å². The molecule has 0 saturated heterocycles. The van der Waals surface area contributed by atoms with E-state index >= 15 is 0 Å². The molecule has 2 rings (SSSR count). The van der Waals surface area contributed by atoms with Crippen molar-refractivity contribution < 1.29 is 19.4 Å². The molecule has 0 fully saturated rings. The van der Waals surface area contributed by atoms with Crippen molar-refractivity contribution in [3.63, 3.8) is 0 Å². The molecule has 0 heterocycles. The highest BCUT2D eigenvalue weighted by Gasteiger charge is 2.10. The number of amides is 1. The minimum Gasteiger partial charge on any atom is -0.494 e. The number of carbonyl (C=O) groups is 2. The highest BCUT2D eigenvalue weighted by molar-refractivity contribution is 6.09. The summed E-state index contributed by atoms with van der Waals surface area (Å²) in [4.78, 5) is 23.2. The molecule has 0 unspecified atom stereocenters. The number of hydrogen-bond donors (Lipinski definition) is 2. The van der Waals surface area contributed by atoms with Crippen LogP contribution >= 0.6 is 0 Å². The van der Waals surface area contributed by atoms with Gasteiger partial charge < -0.3 is 15.2 Å². The number of rotatable bonds is 8. The van der Waals surface area contributed by atoms with Crippen LogP contribution in [0.1, 0.15) is 36.2 Å². The minimum atomic E-state index is -1.05. The number of hydrogen-bond acceptors (Lipinski definition) is 4. The molecule has 0 aliphatic carbocycles. The summed E-state index contributed by atoms with van der Waals surface area (Å²) >= 11 is 0. The van der Waals surface area contributed by atoms with Gasteiger partial charge in [-0.15, -0.1) is 0 Å². The monoisotopic (exact) mass is 378 g/mol. The van der Waals surface area contributed by atoms with E-state index in [-0.39, 0.29) is 11.1 Å². The molecule has 0 bridgehead atoms. The number of carboxylic acid groups (broad SMARTS) is 1. The Labute approximate surface area is 164 Å². The van der Waals surface area contributed by atoms with Crippen molar-refractivity contribution >= 4 is 23.6 Å². The van der Waals surface area contributed by atoms with Crippen LogP contribution in [-0.2, 0) is 4.79 Å². The zero-order valence-electron chi connectivity index (χ0n) is 15.8. The fraction of sp³-hybridized carbons (Fsp3) is 0.227. The van der Waals surface area contributed by atoms with Crippen molar-refractivity contribution in [3.05, 3.63) is 65.2 Å². The molecule has 2 aromatic carbocycles. The fourth-order valence-electron chi connectivity index (χ4n) is 2.28. The van der Waals surface area contributed by atoms with Crippen LogP contribution in [0.15, 0.2) is 54.1 Å². The quantitative estimate of drug-likeness (QED) is 0.525. The van der Waals surface area contributed by atoms with Crippen LogP contribution in [-0.4, -0.2) is 23.6 Å². The molecule has 144 valence electrons. The van der Waals surface area contributed by atoms with E-state index in [1.165, 1.54) is 30.3 Å². The Morgan fingerprint density at radius 1 is 1.14 bits per heavy atom. The maximum absolute atomic E-state index is 12.3. The Morgan fingerprint density at radius 3 is 2.32 bits per heavy atom. The maximum Gasteiger partial charge on any atom is 0.335 e. The lowest BCUT2D eigenvalue weighted by molar-refractivity contribution is -0.112. The lowest BCUT2D eigenvalue weighted by Gasteiger charge is -2.08. The highest BCUT2D eigenvalue weighted by Crippen LogP contribution is 2.17. The average Bonchev–Trinajstić information content (AvgIpc) is 2.67. The zero-order chi connectivity index (χ0) is 20.5. The summed E-state index contributed by atoms with van der Waals surface area (Å²) in [6.07, 6.45) is 2.45. The van der Waals surface area contributed by atoms with E-state index in [9.17, 15) is 14.9 Å². The summed E-state index contributed by atoms with van der Waals surface area (Å²) < 4.78 is 5.65. The summed E-state index contributed by atoms with van der Waals surface area (Å²) in [6, 6.07) is 14.7. The van der Waals surface area contributed by atoms with Crippen LogP contribution in [0.3, 0.4) is 0 Å². The van der Waals surface area contributed by atoms with Crippen LogP contribution in [0.25, 0.3) is 6.08 Å². The van der Waals surface area contributed by atoms with Gasteiger partial charge in [0.05, 0.1) is 12.2 Å². The van der Waals surface area contributed by atoms with Crippen LogP contribution in [0.5, 0.6) is 5.75 Å². The smallest absolute Gasteiger partial charge is 0.335 e. The Balaban J connectivity index is 2.02. The second kappa shape index (κ2) is 9.93. The second-order valence-electron chi connectivity index (χ2n) is 6.61. The molecule has 0 spiro atoms. The van der Waals surface area contributed by atoms with Gasteiger partial charge >= 0.3 is 5.97 Å². The predicted octanol–water partition coefficient (Wildman–Crippen LogP) is 4.36. The maximum atomic E-state index is 12.3. The lowest BCUT2D eigenvalue weighted by atomic mass is 10.1. The summed E-state index contributed by atoms with van der Waals surface area (Å²) in [6.45, 7) is 4.90. The van der Waals surface area contributed by atoms with Crippen LogP contribution < -0.4 is 10.1 Å². The molecular formula is C22H22N2O4. The first kappa shape index (κ1) is 20.7. The summed E-state index contributed by atoms with van der Waals surface area (Å²) in [7, 11) is 0. The number of carboxylic acids is 1. The topological polar surface area (TPSA) is 99.4 Å². The van der Waals surface area contributed by atoms with Crippen molar-refractivity contribution in [2.45, 2.75) is 20.3 Å². The van der Waals surface area contributed by atoms with Crippen LogP contribution in [0, 0.1) is 17.2 Å². The molecule has 0 atom stereocenters. The standard InChI is InChI=1S/C22H22N2O4/c1-15(2)11-12-28-20-9-3-16(4-10-20)13-18(14-23)21(25)24-19-7-5-17(6-8-19)22(26)27/h3-10,13,15H,11-12H2,1-2H3,(H,24,25)(H,26,27)/b18-13+. The Kier molecular flexibility index (Phi) is 7.35. The van der Waals surface area contributed by atoms with Crippen LogP contribution in [0.2, 0.25) is 0 Å². The Morgan fingerprint density at radius 2 is 1.79 bits per heavy atom. The number of nitriles is 1. The van der Waals surface area contributed by atoms with Crippen molar-refractivity contribution in [1.82, 2.24) is 0 Å². The summed E-state index contributed by atoms with van der Waals surface area (Å²) in [5.74, 6) is -0.312. The lowest BCUT2D eigenvalue weighted by Crippen LogP contribution is -2.13. The van der Waals surface area contributed by atoms with E-state index in [4.69, 9.17) is 9.84 Å². The van der Waals surface area contributed by atoms with Crippen LogP contribution in [0.4, 0.5) is 5.69 Å². The third-order valence-electron chi connectivity index (χ3n) is 3.91. The largest absolute Gasteiger partial charge is 0.494 e. The Hall–Kier alpha value is -3.59. The van der Waals surface area contributed by atoms with Gasteiger partial charge in [0, 0.05) is 5.69 Å². The first-order valence-corrected chi connectivity index (χ1v) is 8.88. The zero-order valence-corrected chi connectivity index (χ0v) is 15.8. The molecule has 6 heteroatoms. The predicted molar refractivity (Wildman–Crippen MR) is 107 cm³/mol. The minimum absolute atomic E-state index is 0.0595. The van der Waals surface area contributed by atoms with Gasteiger partial charge in [-0.25, -0.2) is 4.79 Å².